The molecule has 0 aromatic heterocycles. The molecular weight excluding hydrogens is 249 g/mol. The van der Waals surface area contributed by atoms with Crippen molar-refractivity contribution >= 4 is 17.2 Å². The van der Waals surface area contributed by atoms with Gasteiger partial charge in [0.25, 0.3) is 0 Å². The van der Waals surface area contributed by atoms with Gasteiger partial charge in [0.2, 0.25) is 0 Å². The molecule has 18 heavy (non-hydrogen) atoms. The van der Waals surface area contributed by atoms with Gasteiger partial charge in [0.05, 0.1) is 0 Å². The summed E-state index contributed by atoms with van der Waals surface area (Å²) < 4.78 is 18.9. The van der Waals surface area contributed by atoms with Gasteiger partial charge in [-0.15, -0.1) is 0 Å². The summed E-state index contributed by atoms with van der Waals surface area (Å²) in [6.07, 6.45) is 0. The first-order chi connectivity index (χ1) is 8.65. The van der Waals surface area contributed by atoms with Crippen LogP contribution >= 0.6 is 12.2 Å². The summed E-state index contributed by atoms with van der Waals surface area (Å²) in [6, 6.07) is 13.8. The summed E-state index contributed by atoms with van der Waals surface area (Å²) in [6.45, 7) is 0.275. The molecule has 2 nitrogen and oxygen atoms in total. The predicted octanol–water partition coefficient (Wildman–Crippen LogP) is 3.04. The average Bonchev–Trinajstić information content (AvgIpc) is 2.37. The van der Waals surface area contributed by atoms with Gasteiger partial charge in [-0.25, -0.2) is 4.39 Å². The average molecular weight is 261 g/mol. The highest BCUT2D eigenvalue weighted by Crippen LogP contribution is 2.14. The second kappa shape index (κ2) is 5.60. The van der Waals surface area contributed by atoms with Gasteiger partial charge in [-0.1, -0.05) is 30.4 Å². The molecule has 0 saturated carbocycles. The van der Waals surface area contributed by atoms with Gasteiger partial charge in [0, 0.05) is 5.56 Å². The van der Waals surface area contributed by atoms with Gasteiger partial charge in [0.15, 0.2) is 0 Å². The van der Waals surface area contributed by atoms with Crippen LogP contribution < -0.4 is 10.5 Å². The molecule has 2 aromatic carbocycles. The van der Waals surface area contributed by atoms with E-state index in [1.807, 2.05) is 30.3 Å². The Morgan fingerprint density at radius 1 is 1.17 bits per heavy atom. The van der Waals surface area contributed by atoms with E-state index in [-0.39, 0.29) is 17.4 Å². The lowest BCUT2D eigenvalue weighted by molar-refractivity contribution is 0.305. The molecular formula is C14H12FNOS. The molecule has 0 atom stereocenters. The quantitative estimate of drug-likeness (QED) is 0.859. The first-order valence-corrected chi connectivity index (χ1v) is 5.83. The van der Waals surface area contributed by atoms with Gasteiger partial charge in [-0.2, -0.15) is 0 Å². The van der Waals surface area contributed by atoms with Crippen LogP contribution in [-0.2, 0) is 6.61 Å². The molecule has 0 unspecified atom stereocenters. The Labute approximate surface area is 110 Å². The van der Waals surface area contributed by atoms with Crippen molar-refractivity contribution in [3.63, 3.8) is 0 Å². The van der Waals surface area contributed by atoms with Crippen LogP contribution in [0.15, 0.2) is 48.5 Å². The Hall–Kier alpha value is -1.94. The zero-order valence-corrected chi connectivity index (χ0v) is 10.4. The molecule has 0 aliphatic carbocycles. The van der Waals surface area contributed by atoms with E-state index >= 15 is 0 Å². The van der Waals surface area contributed by atoms with Crippen LogP contribution in [0.2, 0.25) is 0 Å². The smallest absolute Gasteiger partial charge is 0.124 e. The van der Waals surface area contributed by atoms with Crippen LogP contribution in [-0.4, -0.2) is 4.99 Å². The molecule has 0 aliphatic rings. The van der Waals surface area contributed by atoms with Crippen LogP contribution in [0.1, 0.15) is 11.1 Å². The molecule has 0 bridgehead atoms. The van der Waals surface area contributed by atoms with Crippen molar-refractivity contribution in [3.8, 4) is 5.75 Å². The number of halogens is 1. The summed E-state index contributed by atoms with van der Waals surface area (Å²) in [5.41, 5.74) is 6.69. The number of ether oxygens (including phenoxy) is 1. The fourth-order valence-corrected chi connectivity index (χ4v) is 1.68. The third-order valence-electron chi connectivity index (χ3n) is 2.39. The van der Waals surface area contributed by atoms with Crippen molar-refractivity contribution in [1.29, 1.82) is 0 Å². The minimum absolute atomic E-state index is 0.176. The van der Waals surface area contributed by atoms with Crippen molar-refractivity contribution in [2.24, 2.45) is 5.73 Å². The third-order valence-corrected chi connectivity index (χ3v) is 2.63. The van der Waals surface area contributed by atoms with E-state index in [0.29, 0.717) is 11.1 Å². The number of benzene rings is 2. The van der Waals surface area contributed by atoms with Crippen molar-refractivity contribution in [3.05, 3.63) is 65.5 Å². The van der Waals surface area contributed by atoms with Gasteiger partial charge in [-0.05, 0) is 35.9 Å². The lowest BCUT2D eigenvalue weighted by Crippen LogP contribution is -2.10. The number of thiocarbonyl (C=S) groups is 1. The lowest BCUT2D eigenvalue weighted by atomic mass is 10.1. The Balaban J connectivity index is 2.12. The molecule has 0 aliphatic heterocycles. The number of rotatable bonds is 4. The Bertz CT molecular complexity index is 557. The third kappa shape index (κ3) is 3.28. The van der Waals surface area contributed by atoms with Crippen LogP contribution in [0.25, 0.3) is 0 Å². The van der Waals surface area contributed by atoms with E-state index in [1.165, 1.54) is 12.1 Å². The molecule has 0 amide bonds. The molecule has 4 heteroatoms. The predicted molar refractivity (Wildman–Crippen MR) is 73.1 cm³/mol. The Kier molecular flexibility index (Phi) is 3.89. The molecule has 2 N–H and O–H groups in total. The summed E-state index contributed by atoms with van der Waals surface area (Å²) >= 11 is 4.83. The highest BCUT2D eigenvalue weighted by molar-refractivity contribution is 7.80. The van der Waals surface area contributed by atoms with Gasteiger partial charge in [0.1, 0.15) is 23.2 Å². The molecule has 0 saturated heterocycles. The van der Waals surface area contributed by atoms with Crippen molar-refractivity contribution < 1.29 is 9.13 Å². The maximum atomic E-state index is 13.3. The maximum absolute atomic E-state index is 13.3. The normalized spacial score (nSPS) is 10.1. The minimum Gasteiger partial charge on any atom is -0.489 e. The zero-order chi connectivity index (χ0) is 13.0. The summed E-state index contributed by atoms with van der Waals surface area (Å²) in [5.74, 6) is 0.366. The fraction of sp³-hybridized carbons (Fsp3) is 0.0714. The summed E-state index contributed by atoms with van der Waals surface area (Å²) in [5, 5.41) is 0. The van der Waals surface area contributed by atoms with Crippen LogP contribution in [0.3, 0.4) is 0 Å². The Morgan fingerprint density at radius 3 is 2.56 bits per heavy atom. The number of para-hydroxylation sites is 1. The molecule has 2 aromatic rings. The highest BCUT2D eigenvalue weighted by atomic mass is 32.1. The maximum Gasteiger partial charge on any atom is 0.124 e. The standard InChI is InChI=1S/C14H12FNOS/c15-12-7-10(6-11(8-12)14(16)18)9-17-13-4-2-1-3-5-13/h1-8H,9H2,(H2,16,18). The number of hydrogen-bond donors (Lipinski definition) is 1. The van der Waals surface area contributed by atoms with Crippen LogP contribution in [0.4, 0.5) is 4.39 Å². The fourth-order valence-electron chi connectivity index (χ4n) is 1.56. The summed E-state index contributed by atoms with van der Waals surface area (Å²) in [4.78, 5) is 0.176. The highest BCUT2D eigenvalue weighted by Gasteiger charge is 2.04. The molecule has 0 spiro atoms. The van der Waals surface area contributed by atoms with E-state index in [0.717, 1.165) is 5.75 Å². The van der Waals surface area contributed by atoms with Crippen molar-refractivity contribution in [1.82, 2.24) is 0 Å². The first kappa shape index (κ1) is 12.5. The minimum atomic E-state index is -0.369. The van der Waals surface area contributed by atoms with Crippen LogP contribution in [0, 0.1) is 5.82 Å². The van der Waals surface area contributed by atoms with E-state index in [2.05, 4.69) is 0 Å². The molecule has 0 radical (unpaired) electrons. The zero-order valence-electron chi connectivity index (χ0n) is 9.60. The SMILES string of the molecule is NC(=S)c1cc(F)cc(COc2ccccc2)c1. The second-order valence-corrected chi connectivity index (χ2v) is 4.25. The lowest BCUT2D eigenvalue weighted by Gasteiger charge is -2.08. The van der Waals surface area contributed by atoms with Crippen molar-refractivity contribution in [2.45, 2.75) is 6.61 Å². The monoisotopic (exact) mass is 261 g/mol. The second-order valence-electron chi connectivity index (χ2n) is 3.81. The number of nitrogens with two attached hydrogens (primary N) is 1. The summed E-state index contributed by atoms with van der Waals surface area (Å²) in [7, 11) is 0. The molecule has 92 valence electrons. The van der Waals surface area contributed by atoms with Gasteiger partial charge >= 0.3 is 0 Å². The van der Waals surface area contributed by atoms with Gasteiger partial charge < -0.3 is 10.5 Å². The molecule has 0 fully saturated rings. The molecule has 2 rings (SSSR count). The Morgan fingerprint density at radius 2 is 1.89 bits per heavy atom. The van der Waals surface area contributed by atoms with E-state index < -0.39 is 0 Å². The molecule has 0 heterocycles. The van der Waals surface area contributed by atoms with E-state index in [1.54, 1.807) is 6.07 Å². The van der Waals surface area contributed by atoms with E-state index in [9.17, 15) is 4.39 Å². The first-order valence-electron chi connectivity index (χ1n) is 5.42. The van der Waals surface area contributed by atoms with Crippen molar-refractivity contribution in [2.75, 3.05) is 0 Å². The van der Waals surface area contributed by atoms with Crippen LogP contribution in [0.5, 0.6) is 5.75 Å². The number of hydrogen-bond acceptors (Lipinski definition) is 2. The van der Waals surface area contributed by atoms with Gasteiger partial charge in [-0.3, -0.25) is 0 Å². The largest absolute Gasteiger partial charge is 0.489 e. The topological polar surface area (TPSA) is 35.2 Å². The van der Waals surface area contributed by atoms with E-state index in [4.69, 9.17) is 22.7 Å².